The largest absolute Gasteiger partial charge is 0.271 e. The average Bonchev–Trinajstić information content (AvgIpc) is 2.07. The molecule has 1 rings (SSSR count). The van der Waals surface area contributed by atoms with Gasteiger partial charge >= 0.3 is 0 Å². The zero-order valence-electron chi connectivity index (χ0n) is 6.46. The number of nitrogens with two attached hydrogens (primary N) is 1. The second-order valence-electron chi connectivity index (χ2n) is 2.42. The van der Waals surface area contributed by atoms with E-state index in [1.807, 2.05) is 12.3 Å². The molecule has 0 radical (unpaired) electrons. The van der Waals surface area contributed by atoms with Crippen LogP contribution in [0.5, 0.6) is 0 Å². The quantitative estimate of drug-likeness (QED) is 0.374. The highest BCUT2D eigenvalue weighted by atomic mass is 15.2. The summed E-state index contributed by atoms with van der Waals surface area (Å²) in [6, 6.07) is 4.02. The van der Waals surface area contributed by atoms with Crippen molar-refractivity contribution >= 4 is 0 Å². The molecule has 0 aromatic carbocycles. The Morgan fingerprint density at radius 1 is 1.55 bits per heavy atom. The zero-order chi connectivity index (χ0) is 7.94. The van der Waals surface area contributed by atoms with Crippen LogP contribution in [-0.4, -0.2) is 11.5 Å². The fourth-order valence-electron chi connectivity index (χ4n) is 0.941. The lowest BCUT2D eigenvalue weighted by molar-refractivity contribution is 0.679. The summed E-state index contributed by atoms with van der Waals surface area (Å²) >= 11 is 0. The molecule has 11 heavy (non-hydrogen) atoms. The van der Waals surface area contributed by atoms with E-state index >= 15 is 0 Å². The van der Waals surface area contributed by atoms with Crippen molar-refractivity contribution in [1.82, 2.24) is 10.4 Å². The SMILES string of the molecule is NNCCCc1cccnc1. The third kappa shape index (κ3) is 3.11. The van der Waals surface area contributed by atoms with Crippen molar-refractivity contribution in [3.05, 3.63) is 30.1 Å². The van der Waals surface area contributed by atoms with E-state index in [1.165, 1.54) is 5.56 Å². The lowest BCUT2D eigenvalue weighted by Crippen LogP contribution is -2.23. The first-order valence-electron chi connectivity index (χ1n) is 3.76. The van der Waals surface area contributed by atoms with Crippen LogP contribution in [-0.2, 0) is 6.42 Å². The van der Waals surface area contributed by atoms with Gasteiger partial charge in [0.25, 0.3) is 0 Å². The molecule has 60 valence electrons. The molecule has 0 unspecified atom stereocenters. The number of pyridine rings is 1. The zero-order valence-corrected chi connectivity index (χ0v) is 6.46. The molecule has 1 aromatic heterocycles. The van der Waals surface area contributed by atoms with Gasteiger partial charge in [0.1, 0.15) is 0 Å². The average molecular weight is 151 g/mol. The maximum absolute atomic E-state index is 5.13. The molecular formula is C8H13N3. The monoisotopic (exact) mass is 151 g/mol. The van der Waals surface area contributed by atoms with Crippen LogP contribution in [0.4, 0.5) is 0 Å². The predicted molar refractivity (Wildman–Crippen MR) is 44.7 cm³/mol. The van der Waals surface area contributed by atoms with Crippen LogP contribution in [0.2, 0.25) is 0 Å². The summed E-state index contributed by atoms with van der Waals surface area (Å²) in [7, 11) is 0. The summed E-state index contributed by atoms with van der Waals surface area (Å²) < 4.78 is 0. The van der Waals surface area contributed by atoms with Gasteiger partial charge in [0.2, 0.25) is 0 Å². The first kappa shape index (κ1) is 8.17. The Bertz CT molecular complexity index is 186. The molecule has 1 aromatic rings. The fraction of sp³-hybridized carbons (Fsp3) is 0.375. The van der Waals surface area contributed by atoms with Gasteiger partial charge in [0, 0.05) is 18.9 Å². The number of aromatic nitrogens is 1. The topological polar surface area (TPSA) is 50.9 Å². The fourth-order valence-corrected chi connectivity index (χ4v) is 0.941. The summed E-state index contributed by atoms with van der Waals surface area (Å²) in [5, 5.41) is 0. The van der Waals surface area contributed by atoms with Gasteiger partial charge in [-0.2, -0.15) is 0 Å². The lowest BCUT2D eigenvalue weighted by Gasteiger charge is -1.98. The van der Waals surface area contributed by atoms with Gasteiger partial charge in [-0.1, -0.05) is 6.07 Å². The van der Waals surface area contributed by atoms with Gasteiger partial charge in [-0.25, -0.2) is 0 Å². The van der Waals surface area contributed by atoms with Crippen molar-refractivity contribution in [1.29, 1.82) is 0 Å². The second kappa shape index (κ2) is 4.82. The Kier molecular flexibility index (Phi) is 3.58. The smallest absolute Gasteiger partial charge is 0.0299 e. The summed E-state index contributed by atoms with van der Waals surface area (Å²) in [6.45, 7) is 0.856. The molecule has 0 atom stereocenters. The number of hydrogen-bond donors (Lipinski definition) is 2. The minimum absolute atomic E-state index is 0.856. The van der Waals surface area contributed by atoms with Crippen molar-refractivity contribution in [2.45, 2.75) is 12.8 Å². The molecule has 0 spiro atoms. The lowest BCUT2D eigenvalue weighted by atomic mass is 10.2. The Labute approximate surface area is 66.6 Å². The Morgan fingerprint density at radius 3 is 3.09 bits per heavy atom. The van der Waals surface area contributed by atoms with E-state index in [1.54, 1.807) is 6.20 Å². The highest BCUT2D eigenvalue weighted by Crippen LogP contribution is 1.98. The number of hydrogen-bond acceptors (Lipinski definition) is 3. The van der Waals surface area contributed by atoms with E-state index in [4.69, 9.17) is 5.84 Å². The molecule has 1 heterocycles. The minimum atomic E-state index is 0.856. The summed E-state index contributed by atoms with van der Waals surface area (Å²) in [6.07, 6.45) is 5.77. The number of nitrogens with one attached hydrogen (secondary N) is 1. The summed E-state index contributed by atoms with van der Waals surface area (Å²) in [5.74, 6) is 5.13. The molecule has 0 bridgehead atoms. The molecular weight excluding hydrogens is 138 g/mol. The van der Waals surface area contributed by atoms with Crippen molar-refractivity contribution in [2.24, 2.45) is 5.84 Å². The van der Waals surface area contributed by atoms with Crippen LogP contribution < -0.4 is 11.3 Å². The standard InChI is InChI=1S/C8H13N3/c9-11-6-2-4-8-3-1-5-10-7-8/h1,3,5,7,11H,2,4,6,9H2. The van der Waals surface area contributed by atoms with E-state index in [2.05, 4.69) is 16.5 Å². The molecule has 0 aliphatic carbocycles. The van der Waals surface area contributed by atoms with Gasteiger partial charge in [-0.15, -0.1) is 0 Å². The maximum Gasteiger partial charge on any atom is 0.0299 e. The maximum atomic E-state index is 5.13. The van der Waals surface area contributed by atoms with Gasteiger partial charge < -0.3 is 0 Å². The second-order valence-corrected chi connectivity index (χ2v) is 2.42. The van der Waals surface area contributed by atoms with Crippen molar-refractivity contribution < 1.29 is 0 Å². The first-order chi connectivity index (χ1) is 5.43. The molecule has 3 N–H and O–H groups in total. The Balaban J connectivity index is 2.28. The van der Waals surface area contributed by atoms with E-state index in [9.17, 15) is 0 Å². The third-order valence-corrected chi connectivity index (χ3v) is 1.51. The number of nitrogens with zero attached hydrogens (tertiary/aromatic N) is 1. The Hall–Kier alpha value is -0.930. The number of rotatable bonds is 4. The molecule has 0 saturated carbocycles. The molecule has 0 amide bonds. The molecule has 0 aliphatic heterocycles. The number of hydrazine groups is 1. The highest BCUT2D eigenvalue weighted by Gasteiger charge is 1.89. The van der Waals surface area contributed by atoms with E-state index < -0.39 is 0 Å². The molecule has 3 heteroatoms. The summed E-state index contributed by atoms with van der Waals surface area (Å²) in [4.78, 5) is 4.01. The van der Waals surface area contributed by atoms with Crippen LogP contribution in [0, 0.1) is 0 Å². The minimum Gasteiger partial charge on any atom is -0.271 e. The normalized spacial score (nSPS) is 9.91. The third-order valence-electron chi connectivity index (χ3n) is 1.51. The van der Waals surface area contributed by atoms with Crippen molar-refractivity contribution in [3.8, 4) is 0 Å². The summed E-state index contributed by atoms with van der Waals surface area (Å²) in [5.41, 5.74) is 3.88. The highest BCUT2D eigenvalue weighted by molar-refractivity contribution is 5.08. The molecule has 0 saturated heterocycles. The van der Waals surface area contributed by atoms with Crippen molar-refractivity contribution in [2.75, 3.05) is 6.54 Å². The van der Waals surface area contributed by atoms with Crippen molar-refractivity contribution in [3.63, 3.8) is 0 Å². The van der Waals surface area contributed by atoms with Crippen LogP contribution in [0.1, 0.15) is 12.0 Å². The van der Waals surface area contributed by atoms with Crippen LogP contribution in [0.15, 0.2) is 24.5 Å². The van der Waals surface area contributed by atoms with Crippen LogP contribution in [0.25, 0.3) is 0 Å². The van der Waals surface area contributed by atoms with E-state index in [0.29, 0.717) is 0 Å². The van der Waals surface area contributed by atoms with Gasteiger partial charge in [0.05, 0.1) is 0 Å². The van der Waals surface area contributed by atoms with Crippen LogP contribution in [0.3, 0.4) is 0 Å². The van der Waals surface area contributed by atoms with Gasteiger partial charge in [-0.05, 0) is 24.5 Å². The van der Waals surface area contributed by atoms with Gasteiger partial charge in [-0.3, -0.25) is 16.3 Å². The Morgan fingerprint density at radius 2 is 2.45 bits per heavy atom. The number of aryl methyl sites for hydroxylation is 1. The molecule has 3 nitrogen and oxygen atoms in total. The van der Waals surface area contributed by atoms with Crippen LogP contribution >= 0.6 is 0 Å². The predicted octanol–water partition coefficient (Wildman–Crippen LogP) is 0.477. The first-order valence-corrected chi connectivity index (χ1v) is 3.76. The van der Waals surface area contributed by atoms with Gasteiger partial charge in [0.15, 0.2) is 0 Å². The van der Waals surface area contributed by atoms with E-state index in [0.717, 1.165) is 19.4 Å². The van der Waals surface area contributed by atoms with E-state index in [-0.39, 0.29) is 0 Å². The molecule has 0 fully saturated rings. The molecule has 0 aliphatic rings.